The maximum Gasteiger partial charge on any atom is 0.319 e. The number of carbonyl (C=O) groups excluding carboxylic acids is 1. The number of carbonyl (C=O) groups is 2. The lowest BCUT2D eigenvalue weighted by Crippen LogP contribution is -2.43. The summed E-state index contributed by atoms with van der Waals surface area (Å²) >= 11 is 2.18. The molecule has 0 saturated heterocycles. The van der Waals surface area contributed by atoms with Gasteiger partial charge in [-0.3, -0.25) is 4.79 Å². The number of urea groups is 1. The fourth-order valence-corrected chi connectivity index (χ4v) is 2.20. The van der Waals surface area contributed by atoms with Gasteiger partial charge in [0.05, 0.1) is 5.41 Å². The molecule has 0 saturated carbocycles. The molecule has 2 amide bonds. The normalized spacial score (nSPS) is 10.9. The van der Waals surface area contributed by atoms with Crippen molar-refractivity contribution in [3.8, 4) is 0 Å². The van der Waals surface area contributed by atoms with E-state index in [1.165, 1.54) is 0 Å². The molecule has 0 aliphatic heterocycles. The largest absolute Gasteiger partial charge is 0.481 e. The second kappa shape index (κ2) is 7.47. The minimum Gasteiger partial charge on any atom is -0.481 e. The smallest absolute Gasteiger partial charge is 0.319 e. The van der Waals surface area contributed by atoms with Gasteiger partial charge in [-0.1, -0.05) is 13.8 Å². The molecule has 0 fully saturated rings. The molecule has 1 aromatic rings. The predicted octanol–water partition coefficient (Wildman–Crippen LogP) is 3.30. The highest BCUT2D eigenvalue weighted by Crippen LogP contribution is 2.25. The monoisotopic (exact) mass is 390 g/mol. The second-order valence-corrected chi connectivity index (χ2v) is 5.85. The molecule has 3 N–H and O–H groups in total. The summed E-state index contributed by atoms with van der Waals surface area (Å²) in [5, 5.41) is 14.6. The fourth-order valence-electron chi connectivity index (χ4n) is 1.84. The van der Waals surface area contributed by atoms with Gasteiger partial charge in [0.1, 0.15) is 0 Å². The van der Waals surface area contributed by atoms with Gasteiger partial charge in [-0.2, -0.15) is 0 Å². The maximum atomic E-state index is 11.8. The summed E-state index contributed by atoms with van der Waals surface area (Å²) in [7, 11) is 0. The first-order valence-corrected chi connectivity index (χ1v) is 7.55. The van der Waals surface area contributed by atoms with Gasteiger partial charge in [0.2, 0.25) is 0 Å². The molecule has 5 nitrogen and oxygen atoms in total. The Balaban J connectivity index is 2.58. The Labute approximate surface area is 132 Å². The summed E-state index contributed by atoms with van der Waals surface area (Å²) in [6, 6.07) is 6.97. The molecule has 110 valence electrons. The van der Waals surface area contributed by atoms with Crippen LogP contribution in [0.2, 0.25) is 0 Å². The molecule has 0 heterocycles. The van der Waals surface area contributed by atoms with Crippen molar-refractivity contribution in [1.29, 1.82) is 0 Å². The Bertz CT molecular complexity index is 470. The van der Waals surface area contributed by atoms with Crippen molar-refractivity contribution in [2.24, 2.45) is 5.41 Å². The average molecular weight is 390 g/mol. The molecule has 1 rings (SSSR count). The maximum absolute atomic E-state index is 11.8. The first-order chi connectivity index (χ1) is 9.43. The quantitative estimate of drug-likeness (QED) is 0.653. The summed E-state index contributed by atoms with van der Waals surface area (Å²) in [5.74, 6) is -0.878. The first kappa shape index (κ1) is 16.7. The molecule has 0 bridgehead atoms. The van der Waals surface area contributed by atoms with Crippen LogP contribution < -0.4 is 10.6 Å². The molecular formula is C14H19IN2O3. The van der Waals surface area contributed by atoms with Gasteiger partial charge >= 0.3 is 12.0 Å². The summed E-state index contributed by atoms with van der Waals surface area (Å²) in [5.41, 5.74) is -0.222. The number of nitrogens with one attached hydrogen (secondary N) is 2. The van der Waals surface area contributed by atoms with E-state index in [4.69, 9.17) is 0 Å². The topological polar surface area (TPSA) is 78.4 Å². The van der Waals surface area contributed by atoms with Gasteiger partial charge in [0.25, 0.3) is 0 Å². The van der Waals surface area contributed by atoms with Crippen molar-refractivity contribution in [3.05, 3.63) is 27.8 Å². The van der Waals surface area contributed by atoms with Crippen molar-refractivity contribution >= 4 is 40.3 Å². The highest BCUT2D eigenvalue weighted by atomic mass is 127. The van der Waals surface area contributed by atoms with E-state index >= 15 is 0 Å². The summed E-state index contributed by atoms with van der Waals surface area (Å²) in [4.78, 5) is 23.1. The number of halogens is 1. The fraction of sp³-hybridized carbons (Fsp3) is 0.429. The molecule has 0 aromatic heterocycles. The number of amides is 2. The summed E-state index contributed by atoms with van der Waals surface area (Å²) in [6.07, 6.45) is 0.950. The highest BCUT2D eigenvalue weighted by Gasteiger charge is 2.35. The molecular weight excluding hydrogens is 371 g/mol. The minimum absolute atomic E-state index is 0.117. The van der Waals surface area contributed by atoms with Gasteiger partial charge in [-0.15, -0.1) is 0 Å². The summed E-state index contributed by atoms with van der Waals surface area (Å²) in [6.45, 7) is 3.75. The van der Waals surface area contributed by atoms with Gasteiger partial charge in [0, 0.05) is 15.8 Å². The number of anilines is 1. The minimum atomic E-state index is -0.899. The van der Waals surface area contributed by atoms with E-state index in [2.05, 4.69) is 33.2 Å². The van der Waals surface area contributed by atoms with Crippen LogP contribution in [0, 0.1) is 8.99 Å². The molecule has 0 unspecified atom stereocenters. The van der Waals surface area contributed by atoms with Gasteiger partial charge < -0.3 is 15.7 Å². The van der Waals surface area contributed by atoms with Crippen LogP contribution in [0.4, 0.5) is 10.5 Å². The number of benzene rings is 1. The Morgan fingerprint density at radius 1 is 1.20 bits per heavy atom. The van der Waals surface area contributed by atoms with Crippen molar-refractivity contribution in [2.45, 2.75) is 26.7 Å². The van der Waals surface area contributed by atoms with Crippen LogP contribution in [0.1, 0.15) is 26.7 Å². The van der Waals surface area contributed by atoms with Crippen molar-refractivity contribution in [1.82, 2.24) is 5.32 Å². The van der Waals surface area contributed by atoms with E-state index in [9.17, 15) is 14.7 Å². The number of aliphatic carboxylic acids is 1. The molecule has 0 aliphatic carbocycles. The molecule has 6 heteroatoms. The van der Waals surface area contributed by atoms with Crippen molar-refractivity contribution in [2.75, 3.05) is 11.9 Å². The molecule has 0 aliphatic rings. The second-order valence-electron chi connectivity index (χ2n) is 4.61. The zero-order valence-electron chi connectivity index (χ0n) is 11.6. The lowest BCUT2D eigenvalue weighted by molar-refractivity contribution is -0.149. The van der Waals surface area contributed by atoms with Crippen LogP contribution >= 0.6 is 22.6 Å². The van der Waals surface area contributed by atoms with Crippen LogP contribution in [-0.2, 0) is 4.79 Å². The van der Waals surface area contributed by atoms with E-state index in [0.29, 0.717) is 18.5 Å². The third kappa shape index (κ3) is 4.36. The Hall–Kier alpha value is -1.31. The van der Waals surface area contributed by atoms with Crippen LogP contribution in [0.3, 0.4) is 0 Å². The first-order valence-electron chi connectivity index (χ1n) is 6.47. The lowest BCUT2D eigenvalue weighted by atomic mass is 9.82. The van der Waals surface area contributed by atoms with Crippen LogP contribution in [-0.4, -0.2) is 23.7 Å². The highest BCUT2D eigenvalue weighted by molar-refractivity contribution is 14.1. The van der Waals surface area contributed by atoms with E-state index in [-0.39, 0.29) is 6.54 Å². The number of carboxylic acids is 1. The van der Waals surface area contributed by atoms with E-state index in [1.54, 1.807) is 12.1 Å². The zero-order valence-corrected chi connectivity index (χ0v) is 13.7. The Morgan fingerprint density at radius 2 is 1.75 bits per heavy atom. The SMILES string of the molecule is CCC(CC)(CNC(=O)Nc1ccc(I)cc1)C(=O)O. The number of carboxylic acid groups (broad SMARTS) is 1. The van der Waals surface area contributed by atoms with Crippen molar-refractivity contribution in [3.63, 3.8) is 0 Å². The number of rotatable bonds is 6. The number of hydrogen-bond acceptors (Lipinski definition) is 2. The molecule has 20 heavy (non-hydrogen) atoms. The van der Waals surface area contributed by atoms with E-state index in [1.807, 2.05) is 26.0 Å². The molecule has 0 spiro atoms. The summed E-state index contributed by atoms with van der Waals surface area (Å²) < 4.78 is 1.08. The van der Waals surface area contributed by atoms with E-state index < -0.39 is 17.4 Å². The lowest BCUT2D eigenvalue weighted by Gasteiger charge is -2.26. The third-order valence-corrected chi connectivity index (χ3v) is 4.22. The van der Waals surface area contributed by atoms with E-state index in [0.717, 1.165) is 3.57 Å². The Morgan fingerprint density at radius 3 is 2.20 bits per heavy atom. The van der Waals surface area contributed by atoms with Crippen LogP contribution in [0.5, 0.6) is 0 Å². The van der Waals surface area contributed by atoms with Crippen LogP contribution in [0.25, 0.3) is 0 Å². The average Bonchev–Trinajstić information content (AvgIpc) is 2.43. The van der Waals surface area contributed by atoms with Gasteiger partial charge in [0.15, 0.2) is 0 Å². The standard InChI is InChI=1S/C14H19IN2O3/c1-3-14(4-2,12(18)19)9-16-13(20)17-11-7-5-10(15)6-8-11/h5-8H,3-4,9H2,1-2H3,(H,18,19)(H2,16,17,20). The molecule has 0 atom stereocenters. The van der Waals surface area contributed by atoms with Crippen molar-refractivity contribution < 1.29 is 14.7 Å². The zero-order chi connectivity index (χ0) is 15.2. The predicted molar refractivity (Wildman–Crippen MR) is 86.8 cm³/mol. The number of hydrogen-bond donors (Lipinski definition) is 3. The molecule has 1 aromatic carbocycles. The Kier molecular flexibility index (Phi) is 6.25. The van der Waals surface area contributed by atoms with Gasteiger partial charge in [-0.05, 0) is 59.7 Å². The van der Waals surface area contributed by atoms with Crippen LogP contribution in [0.15, 0.2) is 24.3 Å². The van der Waals surface area contributed by atoms with Gasteiger partial charge in [-0.25, -0.2) is 4.79 Å². The molecule has 0 radical (unpaired) electrons. The third-order valence-electron chi connectivity index (χ3n) is 3.50.